The standard InChI is InChI=1S/C14H15BrFNS/c15-12-7-13(18-9-12)6-10(8-17)5-11-3-1-2-4-14(11)16/h1-4,7,9-10H,5-6,8,17H2. The van der Waals surface area contributed by atoms with Gasteiger partial charge in [0.25, 0.3) is 0 Å². The van der Waals surface area contributed by atoms with Gasteiger partial charge in [-0.3, -0.25) is 0 Å². The zero-order valence-electron chi connectivity index (χ0n) is 9.90. The van der Waals surface area contributed by atoms with Gasteiger partial charge in [0.15, 0.2) is 0 Å². The van der Waals surface area contributed by atoms with Crippen LogP contribution in [0.3, 0.4) is 0 Å². The van der Waals surface area contributed by atoms with Crippen LogP contribution in [0.2, 0.25) is 0 Å². The van der Waals surface area contributed by atoms with E-state index in [0.29, 0.717) is 13.0 Å². The van der Waals surface area contributed by atoms with Crippen LogP contribution in [0.25, 0.3) is 0 Å². The van der Waals surface area contributed by atoms with E-state index in [4.69, 9.17) is 5.73 Å². The predicted molar refractivity (Wildman–Crippen MR) is 78.4 cm³/mol. The molecule has 0 saturated carbocycles. The van der Waals surface area contributed by atoms with Crippen molar-refractivity contribution >= 4 is 27.3 Å². The van der Waals surface area contributed by atoms with Crippen LogP contribution in [0.5, 0.6) is 0 Å². The first-order valence-electron chi connectivity index (χ1n) is 5.85. The topological polar surface area (TPSA) is 26.0 Å². The molecule has 2 rings (SSSR count). The maximum Gasteiger partial charge on any atom is 0.126 e. The summed E-state index contributed by atoms with van der Waals surface area (Å²) in [6.07, 6.45) is 1.60. The van der Waals surface area contributed by atoms with Crippen molar-refractivity contribution in [3.05, 3.63) is 56.4 Å². The molecule has 0 fully saturated rings. The van der Waals surface area contributed by atoms with Crippen molar-refractivity contribution in [3.63, 3.8) is 0 Å². The van der Waals surface area contributed by atoms with Gasteiger partial charge in [0, 0.05) is 14.7 Å². The summed E-state index contributed by atoms with van der Waals surface area (Å²) in [6, 6.07) is 9.03. The van der Waals surface area contributed by atoms with Gasteiger partial charge < -0.3 is 5.73 Å². The molecular formula is C14H15BrFNS. The van der Waals surface area contributed by atoms with Crippen LogP contribution < -0.4 is 5.73 Å². The van der Waals surface area contributed by atoms with Gasteiger partial charge >= 0.3 is 0 Å². The molecule has 1 atom stereocenters. The second-order valence-corrected chi connectivity index (χ2v) is 6.24. The summed E-state index contributed by atoms with van der Waals surface area (Å²) in [7, 11) is 0. The lowest BCUT2D eigenvalue weighted by atomic mass is 9.95. The van der Waals surface area contributed by atoms with Gasteiger partial charge in [-0.25, -0.2) is 4.39 Å². The first-order chi connectivity index (χ1) is 8.69. The normalized spacial score (nSPS) is 12.6. The predicted octanol–water partition coefficient (Wildman–Crippen LogP) is 4.01. The lowest BCUT2D eigenvalue weighted by molar-refractivity contribution is 0.515. The lowest BCUT2D eigenvalue weighted by Crippen LogP contribution is -2.19. The third-order valence-corrected chi connectivity index (χ3v) is 4.63. The van der Waals surface area contributed by atoms with E-state index < -0.39 is 0 Å². The fourth-order valence-electron chi connectivity index (χ4n) is 1.96. The molecular weight excluding hydrogens is 313 g/mol. The van der Waals surface area contributed by atoms with Crippen LogP contribution in [0.15, 0.2) is 40.2 Å². The fraction of sp³-hybridized carbons (Fsp3) is 0.286. The van der Waals surface area contributed by atoms with E-state index in [-0.39, 0.29) is 11.7 Å². The average Bonchev–Trinajstić information content (AvgIpc) is 2.76. The van der Waals surface area contributed by atoms with E-state index in [1.165, 1.54) is 10.9 Å². The van der Waals surface area contributed by atoms with E-state index >= 15 is 0 Å². The van der Waals surface area contributed by atoms with Crippen LogP contribution >= 0.6 is 27.3 Å². The third-order valence-electron chi connectivity index (χ3n) is 2.91. The molecule has 1 aromatic heterocycles. The Morgan fingerprint density at radius 3 is 2.67 bits per heavy atom. The van der Waals surface area contributed by atoms with Crippen LogP contribution in [0.4, 0.5) is 4.39 Å². The molecule has 1 aromatic carbocycles. The van der Waals surface area contributed by atoms with Crippen molar-refractivity contribution in [2.45, 2.75) is 12.8 Å². The minimum atomic E-state index is -0.136. The van der Waals surface area contributed by atoms with Gasteiger partial charge in [0.05, 0.1) is 0 Å². The number of hydrogen-bond acceptors (Lipinski definition) is 2. The molecule has 18 heavy (non-hydrogen) atoms. The van der Waals surface area contributed by atoms with Crippen molar-refractivity contribution in [3.8, 4) is 0 Å². The number of hydrogen-bond donors (Lipinski definition) is 1. The minimum absolute atomic E-state index is 0.136. The molecule has 2 aromatic rings. The highest BCUT2D eigenvalue weighted by atomic mass is 79.9. The summed E-state index contributed by atoms with van der Waals surface area (Å²) in [5, 5.41) is 2.06. The molecule has 2 N–H and O–H groups in total. The smallest absolute Gasteiger partial charge is 0.126 e. The Labute approximate surface area is 119 Å². The van der Waals surface area contributed by atoms with E-state index in [9.17, 15) is 4.39 Å². The molecule has 0 spiro atoms. The Bertz CT molecular complexity index is 512. The minimum Gasteiger partial charge on any atom is -0.330 e. The highest BCUT2D eigenvalue weighted by Crippen LogP contribution is 2.24. The summed E-state index contributed by atoms with van der Waals surface area (Å²) < 4.78 is 14.7. The van der Waals surface area contributed by atoms with Crippen molar-refractivity contribution in [1.29, 1.82) is 0 Å². The molecule has 4 heteroatoms. The molecule has 96 valence electrons. The monoisotopic (exact) mass is 327 g/mol. The molecule has 1 heterocycles. The summed E-state index contributed by atoms with van der Waals surface area (Å²) in [4.78, 5) is 1.29. The number of rotatable bonds is 5. The molecule has 0 aliphatic carbocycles. The fourth-order valence-corrected chi connectivity index (χ4v) is 3.53. The Morgan fingerprint density at radius 1 is 1.28 bits per heavy atom. The Balaban J connectivity index is 2.04. The Kier molecular flexibility index (Phi) is 4.92. The number of thiophene rings is 1. The zero-order chi connectivity index (χ0) is 13.0. The highest BCUT2D eigenvalue weighted by Gasteiger charge is 2.12. The number of benzene rings is 1. The zero-order valence-corrected chi connectivity index (χ0v) is 12.3. The summed E-state index contributed by atoms with van der Waals surface area (Å²) >= 11 is 5.15. The van der Waals surface area contributed by atoms with Crippen LogP contribution in [0.1, 0.15) is 10.4 Å². The van der Waals surface area contributed by atoms with Crippen molar-refractivity contribution in [2.24, 2.45) is 11.7 Å². The van der Waals surface area contributed by atoms with Gasteiger partial charge in [-0.1, -0.05) is 18.2 Å². The van der Waals surface area contributed by atoms with Crippen molar-refractivity contribution < 1.29 is 4.39 Å². The highest BCUT2D eigenvalue weighted by molar-refractivity contribution is 9.10. The van der Waals surface area contributed by atoms with Gasteiger partial charge in [-0.2, -0.15) is 0 Å². The van der Waals surface area contributed by atoms with E-state index in [0.717, 1.165) is 16.5 Å². The van der Waals surface area contributed by atoms with Crippen LogP contribution in [-0.2, 0) is 12.8 Å². The third kappa shape index (κ3) is 3.64. The second-order valence-electron chi connectivity index (χ2n) is 4.33. The maximum absolute atomic E-state index is 13.6. The van der Waals surface area contributed by atoms with Crippen LogP contribution in [-0.4, -0.2) is 6.54 Å². The molecule has 0 amide bonds. The Morgan fingerprint density at radius 2 is 2.06 bits per heavy atom. The van der Waals surface area contributed by atoms with E-state index in [1.54, 1.807) is 17.4 Å². The molecule has 1 unspecified atom stereocenters. The number of nitrogens with two attached hydrogens (primary N) is 1. The summed E-state index contributed by atoms with van der Waals surface area (Å²) in [5.74, 6) is 0.149. The maximum atomic E-state index is 13.6. The van der Waals surface area contributed by atoms with Gasteiger partial charge in [0.1, 0.15) is 5.82 Å². The summed E-state index contributed by atoms with van der Waals surface area (Å²) in [5.41, 5.74) is 6.55. The molecule has 0 bridgehead atoms. The Hall–Kier alpha value is -0.710. The first-order valence-corrected chi connectivity index (χ1v) is 7.52. The molecule has 0 aliphatic heterocycles. The van der Waals surface area contributed by atoms with Crippen molar-refractivity contribution in [1.82, 2.24) is 0 Å². The summed E-state index contributed by atoms with van der Waals surface area (Å²) in [6.45, 7) is 0.573. The molecule has 0 aliphatic rings. The average molecular weight is 328 g/mol. The van der Waals surface area contributed by atoms with E-state index in [1.807, 2.05) is 12.1 Å². The first kappa shape index (κ1) is 13.7. The number of halogens is 2. The molecule has 0 radical (unpaired) electrons. The molecule has 1 nitrogen and oxygen atoms in total. The van der Waals surface area contributed by atoms with Gasteiger partial charge in [0.2, 0.25) is 0 Å². The van der Waals surface area contributed by atoms with Gasteiger partial charge in [-0.15, -0.1) is 11.3 Å². The second kappa shape index (κ2) is 6.45. The quantitative estimate of drug-likeness (QED) is 0.882. The molecule has 0 saturated heterocycles. The lowest BCUT2D eigenvalue weighted by Gasteiger charge is -2.14. The largest absolute Gasteiger partial charge is 0.330 e. The van der Waals surface area contributed by atoms with Crippen molar-refractivity contribution in [2.75, 3.05) is 6.54 Å². The van der Waals surface area contributed by atoms with E-state index in [2.05, 4.69) is 27.4 Å². The van der Waals surface area contributed by atoms with Gasteiger partial charge in [-0.05, 0) is 58.9 Å². The SMILES string of the molecule is NCC(Cc1cc(Br)cs1)Cc1ccccc1F. The van der Waals surface area contributed by atoms with Crippen LogP contribution in [0, 0.1) is 11.7 Å².